The van der Waals surface area contributed by atoms with Crippen LogP contribution in [0.3, 0.4) is 0 Å². The smallest absolute Gasteiger partial charge is 0.248 e. The van der Waals surface area contributed by atoms with Gasteiger partial charge in [-0.2, -0.15) is 0 Å². The number of amides is 1. The van der Waals surface area contributed by atoms with Gasteiger partial charge in [-0.25, -0.2) is 0 Å². The molecule has 0 aliphatic carbocycles. The molecule has 5 nitrogen and oxygen atoms in total. The summed E-state index contributed by atoms with van der Waals surface area (Å²) in [4.78, 5) is 27.1. The zero-order valence-electron chi connectivity index (χ0n) is 12.9. The summed E-state index contributed by atoms with van der Waals surface area (Å²) in [5.74, 6) is -0.347. The lowest BCUT2D eigenvalue weighted by atomic mass is 9.99. The van der Waals surface area contributed by atoms with Crippen LogP contribution in [0.1, 0.15) is 25.1 Å². The van der Waals surface area contributed by atoms with Gasteiger partial charge in [-0.3, -0.25) is 9.59 Å². The Balaban J connectivity index is 2.20. The van der Waals surface area contributed by atoms with Crippen molar-refractivity contribution in [2.75, 3.05) is 5.32 Å². The van der Waals surface area contributed by atoms with Crippen LogP contribution < -0.4 is 16.6 Å². The average molecular weight is 309 g/mol. The first-order chi connectivity index (χ1) is 11.0. The normalized spacial score (nSPS) is 20.9. The second kappa shape index (κ2) is 6.22. The van der Waals surface area contributed by atoms with Crippen LogP contribution in [0.25, 0.3) is 11.1 Å². The fourth-order valence-corrected chi connectivity index (χ4v) is 2.65. The number of hydrogen-bond acceptors (Lipinski definition) is 3. The molecule has 1 amide bonds. The molecule has 1 aromatic carbocycles. The lowest BCUT2D eigenvalue weighted by molar-refractivity contribution is -0.118. The summed E-state index contributed by atoms with van der Waals surface area (Å²) in [6, 6.07) is 10.5. The van der Waals surface area contributed by atoms with Crippen molar-refractivity contribution in [2.45, 2.75) is 19.4 Å². The second-order valence-electron chi connectivity index (χ2n) is 5.78. The van der Waals surface area contributed by atoms with E-state index in [2.05, 4.69) is 10.3 Å². The predicted octanol–water partition coefficient (Wildman–Crippen LogP) is 2.58. The Morgan fingerprint density at radius 1 is 1.17 bits per heavy atom. The summed E-state index contributed by atoms with van der Waals surface area (Å²) >= 11 is 0. The molecule has 0 radical (unpaired) electrons. The highest BCUT2D eigenvalue weighted by molar-refractivity contribution is 5.97. The maximum Gasteiger partial charge on any atom is 0.248 e. The molecule has 1 aliphatic rings. The Morgan fingerprint density at radius 2 is 1.96 bits per heavy atom. The molecule has 3 rings (SSSR count). The van der Waals surface area contributed by atoms with Crippen LogP contribution in [0.15, 0.2) is 53.3 Å². The first-order valence-corrected chi connectivity index (χ1v) is 7.61. The van der Waals surface area contributed by atoms with Crippen molar-refractivity contribution in [1.82, 2.24) is 4.98 Å². The third-order valence-electron chi connectivity index (χ3n) is 3.99. The fraction of sp³-hybridized carbons (Fsp3) is 0.222. The van der Waals surface area contributed by atoms with Crippen molar-refractivity contribution in [1.29, 1.82) is 0 Å². The van der Waals surface area contributed by atoms with Gasteiger partial charge in [-0.1, -0.05) is 37.3 Å². The van der Waals surface area contributed by atoms with Gasteiger partial charge in [0.2, 0.25) is 11.5 Å². The number of aromatic amines is 1. The van der Waals surface area contributed by atoms with E-state index in [1.807, 2.05) is 49.4 Å². The molecule has 1 aromatic heterocycles. The van der Waals surface area contributed by atoms with Gasteiger partial charge in [0, 0.05) is 29.1 Å². The minimum absolute atomic E-state index is 0.0899. The molecule has 0 spiro atoms. The Kier molecular flexibility index (Phi) is 4.12. The van der Waals surface area contributed by atoms with Crippen LogP contribution in [0, 0.1) is 5.92 Å². The Hall–Kier alpha value is -2.66. The molecule has 118 valence electrons. The highest BCUT2D eigenvalue weighted by Crippen LogP contribution is 2.29. The molecule has 23 heavy (non-hydrogen) atoms. The first kappa shape index (κ1) is 15.2. The van der Waals surface area contributed by atoms with Crippen molar-refractivity contribution >= 4 is 11.6 Å². The number of para-hydroxylation sites is 1. The number of nitrogens with one attached hydrogen (secondary N) is 2. The fourth-order valence-electron chi connectivity index (χ4n) is 2.65. The van der Waals surface area contributed by atoms with E-state index in [1.54, 1.807) is 0 Å². The molecule has 2 bridgehead atoms. The number of H-pyrrole nitrogens is 1. The van der Waals surface area contributed by atoms with Gasteiger partial charge >= 0.3 is 0 Å². The third kappa shape index (κ3) is 3.24. The van der Waals surface area contributed by atoms with Crippen LogP contribution in [-0.2, 0) is 4.79 Å². The molecule has 0 saturated heterocycles. The van der Waals surface area contributed by atoms with Crippen molar-refractivity contribution in [2.24, 2.45) is 11.7 Å². The second-order valence-corrected chi connectivity index (χ2v) is 5.78. The molecule has 0 fully saturated rings. The van der Waals surface area contributed by atoms with Gasteiger partial charge in [-0.05, 0) is 24.1 Å². The van der Waals surface area contributed by atoms with Crippen LogP contribution >= 0.6 is 0 Å². The number of benzene rings is 1. The van der Waals surface area contributed by atoms with E-state index in [0.29, 0.717) is 17.8 Å². The minimum Gasteiger partial charge on any atom is -0.325 e. The number of rotatable bonds is 0. The number of carbonyl (C=O) groups is 1. The van der Waals surface area contributed by atoms with Crippen molar-refractivity contribution in [3.8, 4) is 11.1 Å². The number of fused-ring (bicyclic) bond motifs is 4. The van der Waals surface area contributed by atoms with Crippen molar-refractivity contribution in [3.63, 3.8) is 0 Å². The Bertz CT molecular complexity index is 823. The van der Waals surface area contributed by atoms with E-state index in [1.165, 1.54) is 6.07 Å². The number of pyridine rings is 1. The zero-order valence-corrected chi connectivity index (χ0v) is 12.9. The molecule has 5 heteroatoms. The maximum absolute atomic E-state index is 12.3. The van der Waals surface area contributed by atoms with Gasteiger partial charge in [0.15, 0.2) is 0 Å². The summed E-state index contributed by atoms with van der Waals surface area (Å²) in [7, 11) is 0. The quantitative estimate of drug-likeness (QED) is 0.654. The molecular formula is C18H19N3O2. The van der Waals surface area contributed by atoms with E-state index in [4.69, 9.17) is 5.73 Å². The Labute approximate surface area is 134 Å². The molecule has 2 atom stereocenters. The molecule has 2 unspecified atom stereocenters. The van der Waals surface area contributed by atoms with E-state index < -0.39 is 0 Å². The van der Waals surface area contributed by atoms with Gasteiger partial charge in [0.1, 0.15) is 0 Å². The standard InChI is InChI=1S/C18H19N3O2/c1-11-5-4-7-14(19)16-9-12(10-17(22)20-16)13-6-2-3-8-15(13)21-18(11)23/h2-6,8-11,14H,7,19H2,1H3,(H,20,22)(H,21,23). The Morgan fingerprint density at radius 3 is 2.78 bits per heavy atom. The molecule has 2 aromatic rings. The summed E-state index contributed by atoms with van der Waals surface area (Å²) in [6.07, 6.45) is 4.27. The highest BCUT2D eigenvalue weighted by atomic mass is 16.1. The number of nitrogens with two attached hydrogens (primary N) is 1. The van der Waals surface area contributed by atoms with Crippen molar-refractivity contribution < 1.29 is 4.79 Å². The van der Waals surface area contributed by atoms with Gasteiger partial charge in [0.25, 0.3) is 0 Å². The average Bonchev–Trinajstić information content (AvgIpc) is 2.53. The maximum atomic E-state index is 12.3. The van der Waals surface area contributed by atoms with Gasteiger partial charge in [0.05, 0.1) is 5.92 Å². The summed E-state index contributed by atoms with van der Waals surface area (Å²) in [5, 5.41) is 2.93. The molecular weight excluding hydrogens is 290 g/mol. The lowest BCUT2D eigenvalue weighted by Gasteiger charge is -2.16. The SMILES string of the molecule is CC1C=CCC(N)c2cc(cc(=O)[nH]2)-c2ccccc2NC1=O. The number of hydrogen-bond donors (Lipinski definition) is 3. The van der Waals surface area contributed by atoms with E-state index in [9.17, 15) is 9.59 Å². The summed E-state index contributed by atoms with van der Waals surface area (Å²) in [6.45, 7) is 1.84. The first-order valence-electron chi connectivity index (χ1n) is 7.61. The van der Waals surface area contributed by atoms with E-state index >= 15 is 0 Å². The molecule has 1 aliphatic heterocycles. The summed E-state index contributed by atoms with van der Waals surface area (Å²) < 4.78 is 0. The number of anilines is 1. The topological polar surface area (TPSA) is 88.0 Å². The molecule has 0 saturated carbocycles. The van der Waals surface area contributed by atoms with E-state index in [0.717, 1.165) is 11.1 Å². The van der Waals surface area contributed by atoms with Crippen LogP contribution in [0.2, 0.25) is 0 Å². The minimum atomic E-state index is -0.319. The van der Waals surface area contributed by atoms with E-state index in [-0.39, 0.29) is 23.4 Å². The number of aromatic nitrogens is 1. The van der Waals surface area contributed by atoms with Gasteiger partial charge < -0.3 is 16.0 Å². The number of carbonyl (C=O) groups excluding carboxylic acids is 1. The largest absolute Gasteiger partial charge is 0.325 e. The van der Waals surface area contributed by atoms with Crippen LogP contribution in [0.5, 0.6) is 0 Å². The monoisotopic (exact) mass is 309 g/mol. The van der Waals surface area contributed by atoms with Crippen molar-refractivity contribution in [3.05, 3.63) is 64.6 Å². The van der Waals surface area contributed by atoms with Gasteiger partial charge in [-0.15, -0.1) is 0 Å². The third-order valence-corrected chi connectivity index (χ3v) is 3.99. The van der Waals surface area contributed by atoms with Crippen LogP contribution in [0.4, 0.5) is 5.69 Å². The molecule has 2 heterocycles. The zero-order chi connectivity index (χ0) is 16.4. The van der Waals surface area contributed by atoms with Crippen LogP contribution in [-0.4, -0.2) is 10.9 Å². The lowest BCUT2D eigenvalue weighted by Crippen LogP contribution is -2.21. The predicted molar refractivity (Wildman–Crippen MR) is 91.0 cm³/mol. The summed E-state index contributed by atoms with van der Waals surface area (Å²) in [5.41, 5.74) is 8.88. The molecule has 4 N–H and O–H groups in total. The highest BCUT2D eigenvalue weighted by Gasteiger charge is 2.16.